The number of aromatic nitrogens is 1. The number of thiazole rings is 1. The van der Waals surface area contributed by atoms with E-state index in [1.54, 1.807) is 5.38 Å². The molecule has 0 aliphatic carbocycles. The summed E-state index contributed by atoms with van der Waals surface area (Å²) in [4.78, 5) is 16.3. The van der Waals surface area contributed by atoms with Gasteiger partial charge in [0.25, 0.3) is 5.91 Å². The number of carbonyl (C=O) groups excluding carboxylic acids is 1. The van der Waals surface area contributed by atoms with Crippen LogP contribution in [0.2, 0.25) is 0 Å². The van der Waals surface area contributed by atoms with Gasteiger partial charge in [0.2, 0.25) is 0 Å². The molecule has 0 spiro atoms. The van der Waals surface area contributed by atoms with Crippen molar-refractivity contribution in [2.75, 3.05) is 0 Å². The zero-order valence-corrected chi connectivity index (χ0v) is 13.5. The molecule has 0 aliphatic rings. The van der Waals surface area contributed by atoms with Gasteiger partial charge in [-0.05, 0) is 32.8 Å². The van der Waals surface area contributed by atoms with Gasteiger partial charge in [0.05, 0.1) is 0 Å². The van der Waals surface area contributed by atoms with Crippen LogP contribution in [0.25, 0.3) is 0 Å². The van der Waals surface area contributed by atoms with E-state index in [0.717, 1.165) is 11.4 Å². The van der Waals surface area contributed by atoms with Gasteiger partial charge >= 0.3 is 0 Å². The SMILES string of the molecule is Cc1cc(C)cc(CC(C)NC(=O)c2csc(CN)n2)c1. The summed E-state index contributed by atoms with van der Waals surface area (Å²) < 4.78 is 0. The van der Waals surface area contributed by atoms with Crippen molar-refractivity contribution in [3.05, 3.63) is 51.0 Å². The molecule has 1 atom stereocenters. The first-order chi connectivity index (χ1) is 9.97. The Morgan fingerprint density at radius 2 is 2.00 bits per heavy atom. The average molecular weight is 303 g/mol. The lowest BCUT2D eigenvalue weighted by atomic mass is 10.0. The third kappa shape index (κ3) is 4.37. The Morgan fingerprint density at radius 3 is 2.57 bits per heavy atom. The first-order valence-electron chi connectivity index (χ1n) is 7.00. The molecule has 4 nitrogen and oxygen atoms in total. The number of nitrogens with zero attached hydrogens (tertiary/aromatic N) is 1. The summed E-state index contributed by atoms with van der Waals surface area (Å²) in [5, 5.41) is 5.52. The number of benzene rings is 1. The van der Waals surface area contributed by atoms with Crippen LogP contribution < -0.4 is 11.1 Å². The van der Waals surface area contributed by atoms with Crippen molar-refractivity contribution in [2.24, 2.45) is 5.73 Å². The zero-order valence-electron chi connectivity index (χ0n) is 12.6. The van der Waals surface area contributed by atoms with Crippen LogP contribution in [0.1, 0.15) is 39.1 Å². The minimum absolute atomic E-state index is 0.0572. The van der Waals surface area contributed by atoms with Crippen molar-refractivity contribution < 1.29 is 4.79 Å². The molecule has 1 unspecified atom stereocenters. The van der Waals surface area contributed by atoms with Crippen LogP contribution >= 0.6 is 11.3 Å². The molecule has 5 heteroatoms. The Kier molecular flexibility index (Phi) is 5.09. The molecule has 0 aliphatic heterocycles. The molecule has 1 aromatic heterocycles. The fraction of sp³-hybridized carbons (Fsp3) is 0.375. The van der Waals surface area contributed by atoms with Crippen LogP contribution in [-0.4, -0.2) is 16.9 Å². The Bertz CT molecular complexity index is 616. The third-order valence-electron chi connectivity index (χ3n) is 3.16. The predicted molar refractivity (Wildman–Crippen MR) is 86.6 cm³/mol. The third-order valence-corrected chi connectivity index (χ3v) is 4.03. The lowest BCUT2D eigenvalue weighted by Gasteiger charge is -2.14. The number of nitrogens with one attached hydrogen (secondary N) is 1. The lowest BCUT2D eigenvalue weighted by molar-refractivity contribution is 0.0935. The van der Waals surface area contributed by atoms with Crippen LogP contribution in [0.3, 0.4) is 0 Å². The second-order valence-corrected chi connectivity index (χ2v) is 6.35. The summed E-state index contributed by atoms with van der Waals surface area (Å²) in [5.74, 6) is -0.136. The molecular formula is C16H21N3OS. The fourth-order valence-corrected chi connectivity index (χ4v) is 3.05. The van der Waals surface area contributed by atoms with Crippen LogP contribution in [0, 0.1) is 13.8 Å². The molecule has 3 N–H and O–H groups in total. The number of hydrogen-bond donors (Lipinski definition) is 2. The maximum absolute atomic E-state index is 12.1. The fourth-order valence-electron chi connectivity index (χ4n) is 2.40. The zero-order chi connectivity index (χ0) is 15.4. The van der Waals surface area contributed by atoms with Gasteiger partial charge in [0, 0.05) is 18.0 Å². The number of aryl methyl sites for hydroxylation is 2. The maximum Gasteiger partial charge on any atom is 0.270 e. The molecule has 2 rings (SSSR count). The largest absolute Gasteiger partial charge is 0.348 e. The number of carbonyl (C=O) groups is 1. The Labute approximate surface area is 129 Å². The highest BCUT2D eigenvalue weighted by Gasteiger charge is 2.13. The highest BCUT2D eigenvalue weighted by atomic mass is 32.1. The average Bonchev–Trinajstić information content (AvgIpc) is 2.85. The normalized spacial score (nSPS) is 12.2. The van der Waals surface area contributed by atoms with Gasteiger partial charge in [0.1, 0.15) is 10.7 Å². The minimum Gasteiger partial charge on any atom is -0.348 e. The molecule has 1 amide bonds. The van der Waals surface area contributed by atoms with Gasteiger partial charge in [-0.25, -0.2) is 4.98 Å². The summed E-state index contributed by atoms with van der Waals surface area (Å²) >= 11 is 1.42. The van der Waals surface area contributed by atoms with Crippen molar-refractivity contribution in [1.82, 2.24) is 10.3 Å². The van der Waals surface area contributed by atoms with Crippen molar-refractivity contribution in [3.8, 4) is 0 Å². The molecule has 0 bridgehead atoms. The van der Waals surface area contributed by atoms with E-state index in [1.165, 1.54) is 28.0 Å². The Morgan fingerprint density at radius 1 is 1.33 bits per heavy atom. The Balaban J connectivity index is 1.97. The van der Waals surface area contributed by atoms with E-state index in [9.17, 15) is 4.79 Å². The van der Waals surface area contributed by atoms with Crippen molar-refractivity contribution in [2.45, 2.75) is 39.8 Å². The monoisotopic (exact) mass is 303 g/mol. The highest BCUT2D eigenvalue weighted by molar-refractivity contribution is 7.09. The molecule has 0 fully saturated rings. The first kappa shape index (κ1) is 15.7. The molecule has 0 radical (unpaired) electrons. The molecule has 2 aromatic rings. The molecule has 1 heterocycles. The van der Waals surface area contributed by atoms with E-state index < -0.39 is 0 Å². The van der Waals surface area contributed by atoms with E-state index in [1.807, 2.05) is 6.92 Å². The van der Waals surface area contributed by atoms with E-state index in [2.05, 4.69) is 42.3 Å². The molecule has 0 saturated carbocycles. The Hall–Kier alpha value is -1.72. The molecule has 21 heavy (non-hydrogen) atoms. The summed E-state index contributed by atoms with van der Waals surface area (Å²) in [6.45, 7) is 6.55. The van der Waals surface area contributed by atoms with Crippen LogP contribution in [0.4, 0.5) is 0 Å². The second-order valence-electron chi connectivity index (χ2n) is 5.41. The summed E-state index contributed by atoms with van der Waals surface area (Å²) in [6, 6.07) is 6.52. The van der Waals surface area contributed by atoms with Crippen molar-refractivity contribution in [1.29, 1.82) is 0 Å². The number of rotatable bonds is 5. The van der Waals surface area contributed by atoms with E-state index >= 15 is 0 Å². The number of hydrogen-bond acceptors (Lipinski definition) is 4. The highest BCUT2D eigenvalue weighted by Crippen LogP contribution is 2.12. The van der Waals surface area contributed by atoms with Gasteiger partial charge in [-0.3, -0.25) is 4.79 Å². The molecule has 112 valence electrons. The van der Waals surface area contributed by atoms with Crippen molar-refractivity contribution >= 4 is 17.2 Å². The van der Waals surface area contributed by atoms with Crippen LogP contribution in [0.5, 0.6) is 0 Å². The second kappa shape index (κ2) is 6.83. The quantitative estimate of drug-likeness (QED) is 0.892. The lowest BCUT2D eigenvalue weighted by Crippen LogP contribution is -2.34. The van der Waals surface area contributed by atoms with Crippen LogP contribution in [0.15, 0.2) is 23.6 Å². The first-order valence-corrected chi connectivity index (χ1v) is 7.88. The summed E-state index contributed by atoms with van der Waals surface area (Å²) in [7, 11) is 0. The number of amides is 1. The van der Waals surface area contributed by atoms with Crippen LogP contribution in [-0.2, 0) is 13.0 Å². The summed E-state index contributed by atoms with van der Waals surface area (Å²) in [5.41, 5.74) is 9.69. The van der Waals surface area contributed by atoms with Gasteiger partial charge in [-0.15, -0.1) is 11.3 Å². The smallest absolute Gasteiger partial charge is 0.270 e. The van der Waals surface area contributed by atoms with Crippen molar-refractivity contribution in [3.63, 3.8) is 0 Å². The molecular weight excluding hydrogens is 282 g/mol. The van der Waals surface area contributed by atoms with Gasteiger partial charge in [-0.2, -0.15) is 0 Å². The maximum atomic E-state index is 12.1. The van der Waals surface area contributed by atoms with E-state index in [0.29, 0.717) is 12.2 Å². The van der Waals surface area contributed by atoms with Gasteiger partial charge in [0.15, 0.2) is 0 Å². The number of nitrogens with two attached hydrogens (primary N) is 1. The van der Waals surface area contributed by atoms with E-state index in [4.69, 9.17) is 5.73 Å². The minimum atomic E-state index is -0.136. The van der Waals surface area contributed by atoms with E-state index in [-0.39, 0.29) is 11.9 Å². The predicted octanol–water partition coefficient (Wildman–Crippen LogP) is 2.58. The molecule has 0 saturated heterocycles. The standard InChI is InChI=1S/C16H21N3OS/c1-10-4-11(2)6-13(5-10)7-12(3)18-16(20)14-9-21-15(8-17)19-14/h4-6,9,12H,7-8,17H2,1-3H3,(H,18,20). The summed E-state index contributed by atoms with van der Waals surface area (Å²) in [6.07, 6.45) is 0.808. The van der Waals surface area contributed by atoms with Gasteiger partial charge in [-0.1, -0.05) is 29.3 Å². The topological polar surface area (TPSA) is 68.0 Å². The van der Waals surface area contributed by atoms with Gasteiger partial charge < -0.3 is 11.1 Å². The molecule has 1 aromatic carbocycles.